The molecule has 1 aromatic rings. The summed E-state index contributed by atoms with van der Waals surface area (Å²) in [5.41, 5.74) is 0.703. The van der Waals surface area contributed by atoms with Crippen LogP contribution in [0.4, 0.5) is 10.1 Å². The Hall–Kier alpha value is -1.82. The average molecular weight is 362 g/mol. The second-order valence-corrected chi connectivity index (χ2v) is 7.47. The van der Waals surface area contributed by atoms with Gasteiger partial charge < -0.3 is 20.0 Å². The molecule has 0 spiro atoms. The quantitative estimate of drug-likeness (QED) is 0.644. The number of hydrogen-bond acceptors (Lipinski definition) is 3. The van der Waals surface area contributed by atoms with Gasteiger partial charge in [-0.1, -0.05) is 19.1 Å². The maximum absolute atomic E-state index is 14.0. The van der Waals surface area contributed by atoms with Gasteiger partial charge >= 0.3 is 0 Å². The van der Waals surface area contributed by atoms with Crippen LogP contribution in [0.1, 0.15) is 19.8 Å². The Bertz CT molecular complexity index is 592. The van der Waals surface area contributed by atoms with E-state index in [0.29, 0.717) is 11.6 Å². The van der Waals surface area contributed by atoms with Crippen molar-refractivity contribution < 1.29 is 4.39 Å². The maximum Gasteiger partial charge on any atom is 0.193 e. The first-order valence-corrected chi connectivity index (χ1v) is 9.85. The molecule has 1 atom stereocenters. The molecule has 1 aromatic carbocycles. The van der Waals surface area contributed by atoms with Gasteiger partial charge in [0, 0.05) is 46.3 Å². The van der Waals surface area contributed by atoms with Gasteiger partial charge in [0.2, 0.25) is 0 Å². The molecule has 2 aliphatic heterocycles. The summed E-state index contributed by atoms with van der Waals surface area (Å²) in [4.78, 5) is 11.4. The van der Waals surface area contributed by atoms with E-state index in [0.717, 1.165) is 45.2 Å². The van der Waals surface area contributed by atoms with E-state index in [4.69, 9.17) is 0 Å². The van der Waals surface area contributed by atoms with E-state index in [-0.39, 0.29) is 5.82 Å². The summed E-state index contributed by atoms with van der Waals surface area (Å²) in [5.74, 6) is 1.43. The zero-order chi connectivity index (χ0) is 18.4. The number of benzene rings is 1. The first-order valence-electron chi connectivity index (χ1n) is 9.85. The summed E-state index contributed by atoms with van der Waals surface area (Å²) in [5, 5.41) is 3.54. The van der Waals surface area contributed by atoms with Gasteiger partial charge in [0.15, 0.2) is 5.96 Å². The van der Waals surface area contributed by atoms with E-state index in [9.17, 15) is 4.39 Å². The lowest BCUT2D eigenvalue weighted by molar-refractivity contribution is 0.285. The number of rotatable bonds is 5. The molecule has 0 bridgehead atoms. The van der Waals surface area contributed by atoms with Gasteiger partial charge in [-0.05, 0) is 44.0 Å². The predicted molar refractivity (Wildman–Crippen MR) is 106 cm³/mol. The number of anilines is 1. The van der Waals surface area contributed by atoms with Crippen LogP contribution >= 0.6 is 0 Å². The zero-order valence-electron chi connectivity index (χ0n) is 16.1. The topological polar surface area (TPSA) is 34.1 Å². The number of aliphatic imine (C=N–C) groups is 1. The second kappa shape index (κ2) is 9.21. The smallest absolute Gasteiger partial charge is 0.193 e. The summed E-state index contributed by atoms with van der Waals surface area (Å²) >= 11 is 0. The van der Waals surface area contributed by atoms with E-state index in [1.54, 1.807) is 6.07 Å². The number of guanidine groups is 1. The second-order valence-electron chi connectivity index (χ2n) is 7.47. The molecule has 0 saturated carbocycles. The van der Waals surface area contributed by atoms with Crippen LogP contribution in [0.15, 0.2) is 29.3 Å². The lowest BCUT2D eigenvalue weighted by Crippen LogP contribution is -2.53. The first-order chi connectivity index (χ1) is 12.7. The number of piperazine rings is 1. The zero-order valence-corrected chi connectivity index (χ0v) is 16.1. The van der Waals surface area contributed by atoms with Crippen LogP contribution in [0.5, 0.6) is 0 Å². The van der Waals surface area contributed by atoms with Crippen molar-refractivity contribution in [1.82, 2.24) is 15.1 Å². The van der Waals surface area contributed by atoms with Gasteiger partial charge in [-0.15, -0.1) is 0 Å². The predicted octanol–water partition coefficient (Wildman–Crippen LogP) is 2.25. The molecule has 2 heterocycles. The van der Waals surface area contributed by atoms with E-state index >= 15 is 0 Å². The first kappa shape index (κ1) is 19.0. The van der Waals surface area contributed by atoms with Crippen LogP contribution in [-0.4, -0.2) is 75.2 Å². The van der Waals surface area contributed by atoms with Gasteiger partial charge in [0.05, 0.1) is 5.69 Å². The van der Waals surface area contributed by atoms with Crippen molar-refractivity contribution in [3.63, 3.8) is 0 Å². The molecule has 3 rings (SSSR count). The fraction of sp³-hybridized carbons (Fsp3) is 0.650. The van der Waals surface area contributed by atoms with Crippen molar-refractivity contribution in [3.8, 4) is 0 Å². The normalized spacial score (nSPS) is 20.5. The molecular weight excluding hydrogens is 329 g/mol. The molecule has 0 radical (unpaired) electrons. The highest BCUT2D eigenvalue weighted by molar-refractivity contribution is 5.80. The van der Waals surface area contributed by atoms with Crippen molar-refractivity contribution >= 4 is 11.6 Å². The van der Waals surface area contributed by atoms with Gasteiger partial charge in [-0.25, -0.2) is 4.39 Å². The van der Waals surface area contributed by atoms with E-state index in [2.05, 4.69) is 31.9 Å². The Morgan fingerprint density at radius 1 is 1.12 bits per heavy atom. The number of nitrogens with one attached hydrogen (secondary N) is 1. The number of nitrogens with zero attached hydrogens (tertiary/aromatic N) is 4. The summed E-state index contributed by atoms with van der Waals surface area (Å²) in [6.07, 6.45) is 2.68. The largest absolute Gasteiger partial charge is 0.366 e. The molecule has 1 N–H and O–H groups in total. The third-order valence-electron chi connectivity index (χ3n) is 5.36. The minimum atomic E-state index is -0.140. The summed E-state index contributed by atoms with van der Waals surface area (Å²) in [7, 11) is 1.84. The third-order valence-corrected chi connectivity index (χ3v) is 5.36. The molecule has 2 saturated heterocycles. The SMILES string of the molecule is CN=C(NCC(C)CN1CCCC1)N1CCN(c2ccccc2F)CC1. The van der Waals surface area contributed by atoms with Crippen LogP contribution in [0.2, 0.25) is 0 Å². The molecule has 0 aliphatic carbocycles. The standard InChI is InChI=1S/C20H32FN5/c1-17(16-24-9-5-6-10-24)15-23-20(22-2)26-13-11-25(12-14-26)19-8-4-3-7-18(19)21/h3-4,7-8,17H,5-6,9-16H2,1-2H3,(H,22,23). The summed E-state index contributed by atoms with van der Waals surface area (Å²) < 4.78 is 14.0. The molecule has 144 valence electrons. The van der Waals surface area contributed by atoms with Crippen molar-refractivity contribution in [2.75, 3.05) is 64.3 Å². The molecular formula is C20H32FN5. The number of hydrogen-bond donors (Lipinski definition) is 1. The van der Waals surface area contributed by atoms with E-state index < -0.39 is 0 Å². The Kier molecular flexibility index (Phi) is 6.72. The fourth-order valence-electron chi connectivity index (χ4n) is 3.94. The molecule has 5 nitrogen and oxygen atoms in total. The van der Waals surface area contributed by atoms with Gasteiger partial charge in [0.25, 0.3) is 0 Å². The van der Waals surface area contributed by atoms with E-state index in [1.807, 2.05) is 19.2 Å². The van der Waals surface area contributed by atoms with Crippen molar-refractivity contribution in [2.24, 2.45) is 10.9 Å². The number of halogens is 1. The van der Waals surface area contributed by atoms with E-state index in [1.165, 1.54) is 32.0 Å². The Labute approximate surface area is 156 Å². The number of para-hydroxylation sites is 1. The highest BCUT2D eigenvalue weighted by atomic mass is 19.1. The summed E-state index contributed by atoms with van der Waals surface area (Å²) in [6.45, 7) is 10.2. The van der Waals surface area contributed by atoms with Crippen molar-refractivity contribution in [2.45, 2.75) is 19.8 Å². The van der Waals surface area contributed by atoms with Gasteiger partial charge in [-0.2, -0.15) is 0 Å². The van der Waals surface area contributed by atoms with Crippen molar-refractivity contribution in [3.05, 3.63) is 30.1 Å². The molecule has 2 aliphatic rings. The molecule has 2 fully saturated rings. The third kappa shape index (κ3) is 4.87. The maximum atomic E-state index is 14.0. The fourth-order valence-corrected chi connectivity index (χ4v) is 3.94. The van der Waals surface area contributed by atoms with Crippen LogP contribution in [0.25, 0.3) is 0 Å². The lowest BCUT2D eigenvalue weighted by atomic mass is 10.1. The van der Waals surface area contributed by atoms with Crippen LogP contribution < -0.4 is 10.2 Å². The minimum Gasteiger partial charge on any atom is -0.366 e. The van der Waals surface area contributed by atoms with Crippen molar-refractivity contribution in [1.29, 1.82) is 0 Å². The van der Waals surface area contributed by atoms with Crippen LogP contribution in [-0.2, 0) is 0 Å². The highest BCUT2D eigenvalue weighted by Crippen LogP contribution is 2.20. The average Bonchev–Trinajstić information content (AvgIpc) is 3.16. The monoisotopic (exact) mass is 361 g/mol. The minimum absolute atomic E-state index is 0.140. The Morgan fingerprint density at radius 2 is 1.81 bits per heavy atom. The molecule has 1 unspecified atom stereocenters. The molecule has 26 heavy (non-hydrogen) atoms. The summed E-state index contributed by atoms with van der Waals surface area (Å²) in [6, 6.07) is 7.03. The van der Waals surface area contributed by atoms with Gasteiger partial charge in [-0.3, -0.25) is 4.99 Å². The van der Waals surface area contributed by atoms with Gasteiger partial charge in [0.1, 0.15) is 5.82 Å². The number of likely N-dealkylation sites (tertiary alicyclic amines) is 1. The molecule has 0 amide bonds. The molecule has 0 aromatic heterocycles. The molecule has 6 heteroatoms. The van der Waals surface area contributed by atoms with Crippen LogP contribution in [0.3, 0.4) is 0 Å². The highest BCUT2D eigenvalue weighted by Gasteiger charge is 2.22. The Morgan fingerprint density at radius 3 is 2.46 bits per heavy atom. The van der Waals surface area contributed by atoms with Crippen LogP contribution in [0, 0.1) is 11.7 Å². The Balaban J connectivity index is 1.45. The lowest BCUT2D eigenvalue weighted by Gasteiger charge is -2.38.